The van der Waals surface area contributed by atoms with Gasteiger partial charge in [0.2, 0.25) is 0 Å². The topological polar surface area (TPSA) is 113 Å². The van der Waals surface area contributed by atoms with Gasteiger partial charge in [0, 0.05) is 68.5 Å². The molecule has 11 heteroatoms. The molecular weight excluding hydrogens is 563 g/mol. The first-order chi connectivity index (χ1) is 21.3. The van der Waals surface area contributed by atoms with Crippen molar-refractivity contribution in [3.63, 3.8) is 0 Å². The van der Waals surface area contributed by atoms with E-state index < -0.39 is 5.82 Å². The van der Waals surface area contributed by atoms with E-state index in [2.05, 4.69) is 25.2 Å². The average Bonchev–Trinajstić information content (AvgIpc) is 2.98. The van der Waals surface area contributed by atoms with E-state index in [0.717, 1.165) is 68.7 Å². The molecule has 1 spiro atoms. The molecule has 44 heavy (non-hydrogen) atoms. The summed E-state index contributed by atoms with van der Waals surface area (Å²) in [5.74, 6) is 1.45. The molecule has 3 aromatic rings. The summed E-state index contributed by atoms with van der Waals surface area (Å²) >= 11 is 0. The van der Waals surface area contributed by atoms with Crippen LogP contribution in [0.5, 0.6) is 17.2 Å². The van der Waals surface area contributed by atoms with Crippen molar-refractivity contribution in [3.8, 4) is 17.2 Å². The molecule has 1 saturated heterocycles. The molecule has 10 nitrogen and oxygen atoms in total. The normalized spacial score (nSPS) is 18.9. The van der Waals surface area contributed by atoms with E-state index in [9.17, 15) is 14.3 Å². The third-order valence-electron chi connectivity index (χ3n) is 9.03. The van der Waals surface area contributed by atoms with Gasteiger partial charge in [-0.15, -0.1) is 0 Å². The lowest BCUT2D eigenvalue weighted by molar-refractivity contribution is -0.0352. The molecule has 1 aromatic carbocycles. The summed E-state index contributed by atoms with van der Waals surface area (Å²) < 4.78 is 27.0. The number of pyridine rings is 1. The van der Waals surface area contributed by atoms with Crippen molar-refractivity contribution in [3.05, 3.63) is 65.6 Å². The number of aromatic nitrogens is 3. The van der Waals surface area contributed by atoms with Gasteiger partial charge in [-0.3, -0.25) is 9.78 Å². The van der Waals surface area contributed by atoms with E-state index in [1.807, 2.05) is 33.0 Å². The van der Waals surface area contributed by atoms with E-state index in [-0.39, 0.29) is 47.4 Å². The highest BCUT2D eigenvalue weighted by Gasteiger charge is 2.54. The molecule has 0 radical (unpaired) electrons. The molecule has 4 heterocycles. The van der Waals surface area contributed by atoms with Crippen LogP contribution in [0.1, 0.15) is 74.1 Å². The average molecular weight is 605 g/mol. The van der Waals surface area contributed by atoms with Crippen LogP contribution in [-0.4, -0.2) is 75.8 Å². The number of benzene rings is 1. The summed E-state index contributed by atoms with van der Waals surface area (Å²) in [6.07, 6.45) is 9.37. The van der Waals surface area contributed by atoms with Gasteiger partial charge in [0.25, 0.3) is 5.91 Å². The van der Waals surface area contributed by atoms with Gasteiger partial charge in [-0.2, -0.15) is 0 Å². The number of amides is 1. The number of hydrogen-bond donors (Lipinski definition) is 2. The van der Waals surface area contributed by atoms with Crippen molar-refractivity contribution >= 4 is 11.7 Å². The molecule has 2 fully saturated rings. The summed E-state index contributed by atoms with van der Waals surface area (Å²) in [7, 11) is 0. The van der Waals surface area contributed by atoms with E-state index in [1.165, 1.54) is 24.5 Å². The number of aliphatic hydroxyl groups excluding tert-OH is 1. The molecule has 2 aliphatic heterocycles. The minimum atomic E-state index is -0.499. The maximum absolute atomic E-state index is 14.3. The van der Waals surface area contributed by atoms with Gasteiger partial charge < -0.3 is 29.7 Å². The molecule has 0 bridgehead atoms. The van der Waals surface area contributed by atoms with Crippen molar-refractivity contribution in [2.45, 2.75) is 71.1 Å². The van der Waals surface area contributed by atoms with Gasteiger partial charge in [0.05, 0.1) is 17.5 Å². The maximum atomic E-state index is 14.3. The first kappa shape index (κ1) is 30.2. The number of carbonyl (C=O) groups is 1. The van der Waals surface area contributed by atoms with Crippen LogP contribution in [0.2, 0.25) is 0 Å². The molecule has 1 aliphatic carbocycles. The number of carbonyl (C=O) groups excluding carboxylic acids is 1. The minimum Gasteiger partial charge on any atom is -0.490 e. The second-order valence-corrected chi connectivity index (χ2v) is 12.4. The predicted molar refractivity (Wildman–Crippen MR) is 164 cm³/mol. The lowest BCUT2D eigenvalue weighted by atomic mass is 9.61. The number of rotatable bonds is 11. The first-order valence-corrected chi connectivity index (χ1v) is 15.6. The van der Waals surface area contributed by atoms with Gasteiger partial charge in [-0.1, -0.05) is 0 Å². The fraction of sp³-hybridized carbons (Fsp3) is 0.515. The molecule has 1 saturated carbocycles. The zero-order chi connectivity index (χ0) is 30.8. The van der Waals surface area contributed by atoms with Crippen LogP contribution in [0.4, 0.5) is 10.2 Å². The summed E-state index contributed by atoms with van der Waals surface area (Å²) in [5.41, 5.74) is 2.54. The Balaban J connectivity index is 1.12. The standard InChI is InChI=1S/C33H41FN6O4/c1-4-40(21(2)3)32(42)24-14-22(34)7-8-27(24)44-29-17-35-20-38-31(29)39-18-33(19-39)15-23(16-33)43-28-10-12-37-26-9-11-36-25(30(26)28)6-5-13-41/h7-8,10,12,14,17,20-21,23,25,36,41H,4-6,9,11,13,15-16,18-19H2,1-3H3. The molecular formula is C33H41FN6O4. The van der Waals surface area contributed by atoms with Crippen molar-refractivity contribution in [1.82, 2.24) is 25.2 Å². The monoisotopic (exact) mass is 604 g/mol. The molecule has 234 valence electrons. The second-order valence-electron chi connectivity index (χ2n) is 12.4. The minimum absolute atomic E-state index is 0.0415. The van der Waals surface area contributed by atoms with E-state index >= 15 is 0 Å². The third kappa shape index (κ3) is 5.95. The number of hydrogen-bond acceptors (Lipinski definition) is 9. The lowest BCUT2D eigenvalue weighted by Gasteiger charge is -2.59. The van der Waals surface area contributed by atoms with Crippen molar-refractivity contribution in [1.29, 1.82) is 0 Å². The summed E-state index contributed by atoms with van der Waals surface area (Å²) in [6.45, 7) is 8.92. The number of fused-ring (bicyclic) bond motifs is 1. The highest BCUT2D eigenvalue weighted by atomic mass is 19.1. The molecule has 6 rings (SSSR count). The van der Waals surface area contributed by atoms with Gasteiger partial charge in [-0.25, -0.2) is 14.4 Å². The largest absolute Gasteiger partial charge is 0.490 e. The Hall–Kier alpha value is -3.83. The second kappa shape index (κ2) is 12.6. The van der Waals surface area contributed by atoms with Crippen LogP contribution in [0.15, 0.2) is 43.0 Å². The number of nitrogens with one attached hydrogen (secondary N) is 1. The third-order valence-corrected chi connectivity index (χ3v) is 9.03. The Morgan fingerprint density at radius 3 is 2.77 bits per heavy atom. The first-order valence-electron chi connectivity index (χ1n) is 15.6. The van der Waals surface area contributed by atoms with Crippen LogP contribution in [0, 0.1) is 11.2 Å². The summed E-state index contributed by atoms with van der Waals surface area (Å²) in [5, 5.41) is 12.9. The van der Waals surface area contributed by atoms with Crippen molar-refractivity contribution in [2.24, 2.45) is 5.41 Å². The zero-order valence-corrected chi connectivity index (χ0v) is 25.6. The summed E-state index contributed by atoms with van der Waals surface area (Å²) in [6, 6.07) is 6.08. The van der Waals surface area contributed by atoms with Gasteiger partial charge in [0.1, 0.15) is 29.7 Å². The number of nitrogens with zero attached hydrogens (tertiary/aromatic N) is 5. The van der Waals surface area contributed by atoms with E-state index in [0.29, 0.717) is 18.1 Å². The maximum Gasteiger partial charge on any atom is 0.257 e. The van der Waals surface area contributed by atoms with E-state index in [1.54, 1.807) is 11.1 Å². The molecule has 1 unspecified atom stereocenters. The molecule has 1 atom stereocenters. The van der Waals surface area contributed by atoms with Crippen LogP contribution < -0.4 is 19.7 Å². The van der Waals surface area contributed by atoms with Crippen molar-refractivity contribution in [2.75, 3.05) is 37.7 Å². The quantitative estimate of drug-likeness (QED) is 0.322. The van der Waals surface area contributed by atoms with Gasteiger partial charge in [-0.05, 0) is 70.7 Å². The van der Waals surface area contributed by atoms with E-state index in [4.69, 9.17) is 9.47 Å². The predicted octanol–water partition coefficient (Wildman–Crippen LogP) is 4.68. The van der Waals surface area contributed by atoms with Crippen LogP contribution >= 0.6 is 0 Å². The smallest absolute Gasteiger partial charge is 0.257 e. The SMILES string of the molecule is CCN(C(=O)c1cc(F)ccc1Oc1cncnc1N1CC2(CC(Oc3ccnc4c3C(CCCO)NCC4)C2)C1)C(C)C. The Labute approximate surface area is 257 Å². The fourth-order valence-corrected chi connectivity index (χ4v) is 6.92. The number of aliphatic hydroxyl groups is 1. The zero-order valence-electron chi connectivity index (χ0n) is 25.6. The van der Waals surface area contributed by atoms with Crippen LogP contribution in [-0.2, 0) is 6.42 Å². The lowest BCUT2D eigenvalue weighted by Crippen LogP contribution is -2.65. The van der Waals surface area contributed by atoms with Crippen LogP contribution in [0.3, 0.4) is 0 Å². The Morgan fingerprint density at radius 1 is 1.20 bits per heavy atom. The molecule has 3 aliphatic rings. The number of halogens is 1. The highest BCUT2D eigenvalue weighted by molar-refractivity contribution is 5.97. The molecule has 1 amide bonds. The fourth-order valence-electron chi connectivity index (χ4n) is 6.92. The Kier molecular flexibility index (Phi) is 8.68. The van der Waals surface area contributed by atoms with Gasteiger partial charge in [0.15, 0.2) is 11.6 Å². The van der Waals surface area contributed by atoms with Gasteiger partial charge >= 0.3 is 0 Å². The van der Waals surface area contributed by atoms with Crippen LogP contribution in [0.25, 0.3) is 0 Å². The Bertz CT molecular complexity index is 1490. The molecule has 2 N–H and O–H groups in total. The number of anilines is 1. The number of ether oxygens (including phenoxy) is 2. The highest BCUT2D eigenvalue weighted by Crippen LogP contribution is 2.52. The van der Waals surface area contributed by atoms with Crippen molar-refractivity contribution < 1.29 is 23.8 Å². The molecule has 2 aromatic heterocycles. The Morgan fingerprint density at radius 2 is 2.02 bits per heavy atom. The summed E-state index contributed by atoms with van der Waals surface area (Å²) in [4.78, 5) is 30.4.